The van der Waals surface area contributed by atoms with Crippen LogP contribution in [0.5, 0.6) is 0 Å². The minimum Gasteiger partial charge on any atom is -0.270 e. The number of alkyl halides is 1. The first-order valence-electron chi connectivity index (χ1n) is 5.69. The molecule has 0 saturated carbocycles. The van der Waals surface area contributed by atoms with Gasteiger partial charge in [-0.2, -0.15) is 0 Å². The van der Waals surface area contributed by atoms with E-state index in [-0.39, 0.29) is 11.6 Å². The molecule has 1 heterocycles. The van der Waals surface area contributed by atoms with Gasteiger partial charge in [-0.25, -0.2) is 8.42 Å². The van der Waals surface area contributed by atoms with Crippen molar-refractivity contribution in [3.8, 4) is 0 Å². The summed E-state index contributed by atoms with van der Waals surface area (Å²) in [6.07, 6.45) is 0.934. The summed E-state index contributed by atoms with van der Waals surface area (Å²) in [5, 5.41) is 0. The second-order valence-corrected chi connectivity index (χ2v) is 6.86. The SMILES string of the molecule is CC1Cc2ccccc2N(S(=O)(=O)CCCl)C1. The first kappa shape index (κ1) is 12.7. The molecule has 1 aromatic carbocycles. The molecule has 1 aliphatic rings. The minimum absolute atomic E-state index is 0.00436. The van der Waals surface area contributed by atoms with Crippen molar-refractivity contribution in [2.45, 2.75) is 13.3 Å². The normalized spacial score (nSPS) is 20.1. The molecule has 0 fully saturated rings. The summed E-state index contributed by atoms with van der Waals surface area (Å²) >= 11 is 5.56. The Labute approximate surface area is 107 Å². The average Bonchev–Trinajstić information content (AvgIpc) is 2.27. The largest absolute Gasteiger partial charge is 0.270 e. The van der Waals surface area contributed by atoms with E-state index in [9.17, 15) is 8.42 Å². The number of fused-ring (bicyclic) bond motifs is 1. The average molecular weight is 274 g/mol. The Morgan fingerprint density at radius 1 is 1.41 bits per heavy atom. The summed E-state index contributed by atoms with van der Waals surface area (Å²) in [5.41, 5.74) is 1.92. The number of nitrogens with zero attached hydrogens (tertiary/aromatic N) is 1. The zero-order chi connectivity index (χ0) is 12.5. The number of benzene rings is 1. The lowest BCUT2D eigenvalue weighted by Gasteiger charge is -2.33. The van der Waals surface area contributed by atoms with Crippen molar-refractivity contribution < 1.29 is 8.42 Å². The monoisotopic (exact) mass is 273 g/mol. The molecule has 3 nitrogen and oxygen atoms in total. The van der Waals surface area contributed by atoms with Gasteiger partial charge in [-0.05, 0) is 24.0 Å². The topological polar surface area (TPSA) is 37.4 Å². The van der Waals surface area contributed by atoms with Gasteiger partial charge >= 0.3 is 0 Å². The second kappa shape index (κ2) is 4.86. The van der Waals surface area contributed by atoms with Gasteiger partial charge in [0, 0.05) is 12.4 Å². The van der Waals surface area contributed by atoms with Crippen LogP contribution in [-0.4, -0.2) is 26.6 Å². The summed E-state index contributed by atoms with van der Waals surface area (Å²) in [6, 6.07) is 7.68. The highest BCUT2D eigenvalue weighted by Crippen LogP contribution is 2.31. The molecule has 1 unspecified atom stereocenters. The van der Waals surface area contributed by atoms with Crippen molar-refractivity contribution in [2.75, 3.05) is 22.5 Å². The molecule has 0 aliphatic carbocycles. The molecule has 1 aromatic rings. The summed E-state index contributed by atoms with van der Waals surface area (Å²) in [6.45, 7) is 2.62. The van der Waals surface area contributed by atoms with Gasteiger partial charge in [0.05, 0.1) is 11.4 Å². The van der Waals surface area contributed by atoms with Gasteiger partial charge in [0.1, 0.15) is 0 Å². The van der Waals surface area contributed by atoms with Crippen LogP contribution < -0.4 is 4.31 Å². The highest BCUT2D eigenvalue weighted by atomic mass is 35.5. The number of hydrogen-bond acceptors (Lipinski definition) is 2. The molecule has 0 saturated heterocycles. The van der Waals surface area contributed by atoms with E-state index < -0.39 is 10.0 Å². The summed E-state index contributed by atoms with van der Waals surface area (Å²) in [7, 11) is -3.28. The number of hydrogen-bond donors (Lipinski definition) is 0. The molecule has 0 bridgehead atoms. The van der Waals surface area contributed by atoms with Crippen LogP contribution in [0.1, 0.15) is 12.5 Å². The third kappa shape index (κ3) is 2.58. The van der Waals surface area contributed by atoms with Crippen LogP contribution in [0.25, 0.3) is 0 Å². The Kier molecular flexibility index (Phi) is 3.64. The Morgan fingerprint density at radius 2 is 2.12 bits per heavy atom. The summed E-state index contributed by atoms with van der Waals surface area (Å²) in [5.74, 6) is 0.473. The molecule has 2 rings (SSSR count). The Morgan fingerprint density at radius 3 is 2.82 bits per heavy atom. The van der Waals surface area contributed by atoms with E-state index in [1.807, 2.05) is 24.3 Å². The Hall–Kier alpha value is -0.740. The quantitative estimate of drug-likeness (QED) is 0.792. The fraction of sp³-hybridized carbons (Fsp3) is 0.500. The third-order valence-electron chi connectivity index (χ3n) is 2.98. The minimum atomic E-state index is -3.28. The van der Waals surface area contributed by atoms with Crippen molar-refractivity contribution in [1.82, 2.24) is 0 Å². The molecule has 94 valence electrons. The molecule has 0 radical (unpaired) electrons. The lowest BCUT2D eigenvalue weighted by Crippen LogP contribution is -2.40. The van der Waals surface area contributed by atoms with Gasteiger partial charge in [-0.1, -0.05) is 25.1 Å². The van der Waals surface area contributed by atoms with Crippen molar-refractivity contribution in [3.63, 3.8) is 0 Å². The number of halogens is 1. The van der Waals surface area contributed by atoms with Crippen LogP contribution in [0, 0.1) is 5.92 Å². The van der Waals surface area contributed by atoms with E-state index in [0.29, 0.717) is 12.5 Å². The molecule has 1 atom stereocenters. The maximum atomic E-state index is 12.1. The number of para-hydroxylation sites is 1. The van der Waals surface area contributed by atoms with Crippen molar-refractivity contribution in [3.05, 3.63) is 29.8 Å². The molecular weight excluding hydrogens is 258 g/mol. The van der Waals surface area contributed by atoms with Crippen molar-refractivity contribution >= 4 is 27.3 Å². The number of sulfonamides is 1. The van der Waals surface area contributed by atoms with E-state index in [4.69, 9.17) is 11.6 Å². The van der Waals surface area contributed by atoms with Crippen LogP contribution >= 0.6 is 11.6 Å². The summed E-state index contributed by atoms with van der Waals surface area (Å²) < 4.78 is 25.8. The van der Waals surface area contributed by atoms with Gasteiger partial charge in [0.2, 0.25) is 10.0 Å². The number of rotatable bonds is 3. The molecule has 0 aromatic heterocycles. The second-order valence-electron chi connectivity index (χ2n) is 4.47. The molecular formula is C12H16ClNO2S. The zero-order valence-electron chi connectivity index (χ0n) is 9.77. The molecule has 17 heavy (non-hydrogen) atoms. The highest BCUT2D eigenvalue weighted by molar-refractivity contribution is 7.92. The zero-order valence-corrected chi connectivity index (χ0v) is 11.3. The van der Waals surface area contributed by atoms with Crippen LogP contribution in [0.15, 0.2) is 24.3 Å². The number of anilines is 1. The van der Waals surface area contributed by atoms with Crippen molar-refractivity contribution in [1.29, 1.82) is 0 Å². The fourth-order valence-corrected chi connectivity index (χ4v) is 4.18. The first-order valence-corrected chi connectivity index (χ1v) is 7.83. The maximum absolute atomic E-state index is 12.1. The van der Waals surface area contributed by atoms with Crippen LogP contribution in [-0.2, 0) is 16.4 Å². The van der Waals surface area contributed by atoms with Crippen LogP contribution in [0.2, 0.25) is 0 Å². The van der Waals surface area contributed by atoms with Gasteiger partial charge in [0.25, 0.3) is 0 Å². The van der Waals surface area contributed by atoms with Gasteiger partial charge in [0.15, 0.2) is 0 Å². The third-order valence-corrected chi connectivity index (χ3v) is 5.13. The van der Waals surface area contributed by atoms with Gasteiger partial charge in [-0.3, -0.25) is 4.31 Å². The smallest absolute Gasteiger partial charge is 0.236 e. The predicted molar refractivity (Wildman–Crippen MR) is 71.2 cm³/mol. The van der Waals surface area contributed by atoms with E-state index in [0.717, 1.165) is 17.7 Å². The fourth-order valence-electron chi connectivity index (χ4n) is 2.22. The Balaban J connectivity index is 2.43. The molecule has 0 amide bonds. The van der Waals surface area contributed by atoms with Crippen molar-refractivity contribution in [2.24, 2.45) is 5.92 Å². The lowest BCUT2D eigenvalue weighted by molar-refractivity contribution is 0.545. The van der Waals surface area contributed by atoms with Crippen LogP contribution in [0.3, 0.4) is 0 Å². The summed E-state index contributed by atoms with van der Waals surface area (Å²) in [4.78, 5) is 0. The lowest BCUT2D eigenvalue weighted by atomic mass is 9.96. The molecule has 0 spiro atoms. The standard InChI is InChI=1S/C12H16ClNO2S/c1-10-8-11-4-2-3-5-12(11)14(9-10)17(15,16)7-6-13/h2-5,10H,6-9H2,1H3. The van der Waals surface area contributed by atoms with Gasteiger partial charge in [-0.15, -0.1) is 11.6 Å². The van der Waals surface area contributed by atoms with Gasteiger partial charge < -0.3 is 0 Å². The highest BCUT2D eigenvalue weighted by Gasteiger charge is 2.29. The first-order chi connectivity index (χ1) is 8.04. The predicted octanol–water partition coefficient (Wildman–Crippen LogP) is 2.25. The maximum Gasteiger partial charge on any atom is 0.236 e. The van der Waals surface area contributed by atoms with Crippen LogP contribution in [0.4, 0.5) is 5.69 Å². The van der Waals surface area contributed by atoms with E-state index in [1.54, 1.807) is 0 Å². The van der Waals surface area contributed by atoms with E-state index >= 15 is 0 Å². The molecule has 5 heteroatoms. The Bertz CT molecular complexity index is 501. The molecule has 0 N–H and O–H groups in total. The van der Waals surface area contributed by atoms with E-state index in [1.165, 1.54) is 4.31 Å². The van der Waals surface area contributed by atoms with E-state index in [2.05, 4.69) is 6.92 Å². The molecule has 1 aliphatic heterocycles.